The lowest BCUT2D eigenvalue weighted by molar-refractivity contribution is -0.133. The molecule has 0 saturated heterocycles. The Hall–Kier alpha value is -3.35. The number of anilines is 2. The molecule has 7 heteroatoms. The Bertz CT molecular complexity index is 818. The quantitative estimate of drug-likeness (QED) is 0.656. The topological polar surface area (TPSA) is 95.9 Å². The Balaban J connectivity index is 1.72. The fourth-order valence-corrected chi connectivity index (χ4v) is 2.45. The molecule has 0 fully saturated rings. The van der Waals surface area contributed by atoms with E-state index in [4.69, 9.17) is 9.84 Å². The van der Waals surface area contributed by atoms with Crippen molar-refractivity contribution in [3.63, 3.8) is 0 Å². The minimum atomic E-state index is -1.07. The predicted octanol–water partition coefficient (Wildman–Crippen LogP) is 1.75. The molecule has 0 unspecified atom stereocenters. The fourth-order valence-electron chi connectivity index (χ4n) is 2.45. The summed E-state index contributed by atoms with van der Waals surface area (Å²) in [5.74, 6) is -1.45. The average Bonchev–Trinajstić information content (AvgIpc) is 2.54. The van der Waals surface area contributed by atoms with Gasteiger partial charge in [-0.15, -0.1) is 0 Å². The molecule has 0 bridgehead atoms. The molecule has 2 aromatic rings. The number of esters is 1. The van der Waals surface area contributed by atoms with Gasteiger partial charge >= 0.3 is 11.9 Å². The zero-order valence-electron chi connectivity index (χ0n) is 12.6. The Kier molecular flexibility index (Phi) is 4.15. The number of hydrogen-bond acceptors (Lipinski definition) is 5. The van der Waals surface area contributed by atoms with Crippen LogP contribution in [0.3, 0.4) is 0 Å². The van der Waals surface area contributed by atoms with Crippen molar-refractivity contribution >= 4 is 29.2 Å². The van der Waals surface area contributed by atoms with E-state index in [1.54, 1.807) is 41.3 Å². The average molecular weight is 326 g/mol. The Morgan fingerprint density at radius 2 is 1.96 bits per heavy atom. The number of carboxylic acids is 1. The first-order valence-electron chi connectivity index (χ1n) is 7.21. The van der Waals surface area contributed by atoms with Gasteiger partial charge in [0.1, 0.15) is 6.54 Å². The van der Waals surface area contributed by atoms with Gasteiger partial charge in [-0.25, -0.2) is 9.59 Å². The molecular formula is C17H14N2O5. The van der Waals surface area contributed by atoms with E-state index in [-0.39, 0.29) is 24.6 Å². The van der Waals surface area contributed by atoms with E-state index >= 15 is 0 Å². The third-order valence-corrected chi connectivity index (χ3v) is 3.48. The summed E-state index contributed by atoms with van der Waals surface area (Å²) in [4.78, 5) is 36.4. The number of amides is 1. The summed E-state index contributed by atoms with van der Waals surface area (Å²) in [6, 6.07) is 12.9. The minimum Gasteiger partial charge on any atom is -0.478 e. The first-order valence-corrected chi connectivity index (χ1v) is 7.21. The zero-order valence-corrected chi connectivity index (χ0v) is 12.6. The van der Waals surface area contributed by atoms with Crippen molar-refractivity contribution in [2.24, 2.45) is 0 Å². The minimum absolute atomic E-state index is 0.0282. The standard InChI is InChI=1S/C17H14N2O5/c20-15(18-12-5-3-4-11(8-12)17(22)23)9-19-10-16(21)24-14-7-2-1-6-13(14)19/h1-8H,9-10H2,(H,18,20)(H,22,23). The first kappa shape index (κ1) is 15.5. The largest absolute Gasteiger partial charge is 0.478 e. The molecule has 1 aliphatic rings. The number of nitrogens with zero attached hydrogens (tertiary/aromatic N) is 1. The number of para-hydroxylation sites is 2. The van der Waals surface area contributed by atoms with Crippen LogP contribution in [0.1, 0.15) is 10.4 Å². The summed E-state index contributed by atoms with van der Waals surface area (Å²) >= 11 is 0. The van der Waals surface area contributed by atoms with Crippen molar-refractivity contribution in [2.75, 3.05) is 23.3 Å². The second kappa shape index (κ2) is 6.41. The fraction of sp³-hybridized carbons (Fsp3) is 0.118. The number of nitrogens with one attached hydrogen (secondary N) is 1. The molecule has 1 heterocycles. The lowest BCUT2D eigenvalue weighted by Crippen LogP contribution is -2.41. The van der Waals surface area contributed by atoms with Crippen LogP contribution in [0.4, 0.5) is 11.4 Å². The molecule has 1 amide bonds. The van der Waals surface area contributed by atoms with E-state index in [0.717, 1.165) is 0 Å². The lowest BCUT2D eigenvalue weighted by Gasteiger charge is -2.29. The smallest absolute Gasteiger partial charge is 0.335 e. The van der Waals surface area contributed by atoms with Gasteiger partial charge in [-0.2, -0.15) is 0 Å². The summed E-state index contributed by atoms with van der Waals surface area (Å²) in [6.45, 7) is -0.0803. The van der Waals surface area contributed by atoms with Crippen LogP contribution in [0.2, 0.25) is 0 Å². The highest BCUT2D eigenvalue weighted by molar-refractivity contribution is 5.97. The Morgan fingerprint density at radius 3 is 2.75 bits per heavy atom. The highest BCUT2D eigenvalue weighted by atomic mass is 16.5. The number of ether oxygens (including phenoxy) is 1. The van der Waals surface area contributed by atoms with Gasteiger partial charge in [0, 0.05) is 5.69 Å². The number of aromatic carboxylic acids is 1. The molecule has 3 rings (SSSR count). The number of carbonyl (C=O) groups excluding carboxylic acids is 2. The van der Waals surface area contributed by atoms with Crippen LogP contribution < -0.4 is 15.0 Å². The Labute approximate surface area is 137 Å². The second-order valence-corrected chi connectivity index (χ2v) is 5.23. The number of hydrogen-bond donors (Lipinski definition) is 2. The normalized spacial score (nSPS) is 13.0. The van der Waals surface area contributed by atoms with Gasteiger partial charge in [-0.05, 0) is 30.3 Å². The molecule has 24 heavy (non-hydrogen) atoms. The number of rotatable bonds is 4. The van der Waals surface area contributed by atoms with Gasteiger partial charge in [0.25, 0.3) is 0 Å². The van der Waals surface area contributed by atoms with Gasteiger partial charge in [0.2, 0.25) is 5.91 Å². The molecule has 7 nitrogen and oxygen atoms in total. The molecule has 2 aromatic carbocycles. The molecule has 2 N–H and O–H groups in total. The predicted molar refractivity (Wildman–Crippen MR) is 86.3 cm³/mol. The SMILES string of the molecule is O=C(CN1CC(=O)Oc2ccccc21)Nc1cccc(C(=O)O)c1. The van der Waals surface area contributed by atoms with Crippen LogP contribution in [0.5, 0.6) is 5.75 Å². The highest BCUT2D eigenvalue weighted by Gasteiger charge is 2.25. The Morgan fingerprint density at radius 1 is 1.17 bits per heavy atom. The van der Waals surface area contributed by atoms with E-state index in [0.29, 0.717) is 17.1 Å². The van der Waals surface area contributed by atoms with Gasteiger partial charge < -0.3 is 20.1 Å². The van der Waals surface area contributed by atoms with Crippen molar-refractivity contribution in [1.82, 2.24) is 0 Å². The zero-order chi connectivity index (χ0) is 17.1. The van der Waals surface area contributed by atoms with Crippen molar-refractivity contribution < 1.29 is 24.2 Å². The molecular weight excluding hydrogens is 312 g/mol. The maximum absolute atomic E-state index is 12.2. The van der Waals surface area contributed by atoms with E-state index in [9.17, 15) is 14.4 Å². The molecule has 0 radical (unpaired) electrons. The monoisotopic (exact) mass is 326 g/mol. The van der Waals surface area contributed by atoms with Gasteiger partial charge in [-0.3, -0.25) is 4.79 Å². The molecule has 0 aromatic heterocycles. The number of carboxylic acid groups (broad SMARTS) is 1. The molecule has 0 saturated carbocycles. The summed E-state index contributed by atoms with van der Waals surface area (Å²) in [5, 5.41) is 11.6. The summed E-state index contributed by atoms with van der Waals surface area (Å²) in [5.41, 5.74) is 1.12. The van der Waals surface area contributed by atoms with Crippen molar-refractivity contribution in [3.05, 3.63) is 54.1 Å². The number of carbonyl (C=O) groups is 3. The van der Waals surface area contributed by atoms with Crippen LogP contribution in [-0.2, 0) is 9.59 Å². The van der Waals surface area contributed by atoms with Gasteiger partial charge in [0.05, 0.1) is 17.8 Å². The summed E-state index contributed by atoms with van der Waals surface area (Å²) in [7, 11) is 0. The third kappa shape index (κ3) is 3.35. The maximum atomic E-state index is 12.2. The second-order valence-electron chi connectivity index (χ2n) is 5.23. The van der Waals surface area contributed by atoms with Crippen molar-refractivity contribution in [2.45, 2.75) is 0 Å². The summed E-state index contributed by atoms with van der Waals surface area (Å²) in [6.07, 6.45) is 0. The van der Waals surface area contributed by atoms with Crippen LogP contribution in [0, 0.1) is 0 Å². The van der Waals surface area contributed by atoms with Gasteiger partial charge in [0.15, 0.2) is 5.75 Å². The molecule has 0 atom stereocenters. The first-order chi connectivity index (χ1) is 11.5. The third-order valence-electron chi connectivity index (χ3n) is 3.48. The van der Waals surface area contributed by atoms with Crippen LogP contribution in [0.25, 0.3) is 0 Å². The van der Waals surface area contributed by atoms with E-state index < -0.39 is 11.9 Å². The van der Waals surface area contributed by atoms with Crippen molar-refractivity contribution in [1.29, 1.82) is 0 Å². The number of fused-ring (bicyclic) bond motifs is 1. The van der Waals surface area contributed by atoms with Crippen LogP contribution in [-0.4, -0.2) is 36.0 Å². The van der Waals surface area contributed by atoms with E-state index in [1.165, 1.54) is 12.1 Å². The van der Waals surface area contributed by atoms with E-state index in [1.807, 2.05) is 0 Å². The molecule has 0 spiro atoms. The molecule has 122 valence electrons. The highest BCUT2D eigenvalue weighted by Crippen LogP contribution is 2.31. The lowest BCUT2D eigenvalue weighted by atomic mass is 10.2. The van der Waals surface area contributed by atoms with Crippen LogP contribution >= 0.6 is 0 Å². The van der Waals surface area contributed by atoms with Gasteiger partial charge in [-0.1, -0.05) is 18.2 Å². The molecule has 1 aliphatic heterocycles. The van der Waals surface area contributed by atoms with E-state index in [2.05, 4.69) is 5.32 Å². The van der Waals surface area contributed by atoms with Crippen LogP contribution in [0.15, 0.2) is 48.5 Å². The summed E-state index contributed by atoms with van der Waals surface area (Å²) < 4.78 is 5.13. The maximum Gasteiger partial charge on any atom is 0.335 e. The number of benzene rings is 2. The van der Waals surface area contributed by atoms with Crippen molar-refractivity contribution in [3.8, 4) is 5.75 Å². The molecule has 0 aliphatic carbocycles.